The number of hydrogen-bond acceptors (Lipinski definition) is 1. The highest BCUT2D eigenvalue weighted by molar-refractivity contribution is 5.95. The predicted molar refractivity (Wildman–Crippen MR) is 64.3 cm³/mol. The second-order valence-corrected chi connectivity index (χ2v) is 4.37. The number of primary amides is 1. The summed E-state index contributed by atoms with van der Waals surface area (Å²) in [6.07, 6.45) is 2.57. The first-order valence-corrected chi connectivity index (χ1v) is 5.56. The Labute approximate surface area is 94.1 Å². The summed E-state index contributed by atoms with van der Waals surface area (Å²) < 4.78 is 0. The third-order valence-electron chi connectivity index (χ3n) is 3.33. The number of nitrogens with two attached hydrogens (primary N) is 1. The van der Waals surface area contributed by atoms with Gasteiger partial charge in [0.25, 0.3) is 0 Å². The van der Waals surface area contributed by atoms with Gasteiger partial charge >= 0.3 is 0 Å². The van der Waals surface area contributed by atoms with Crippen molar-refractivity contribution in [2.75, 3.05) is 0 Å². The fourth-order valence-corrected chi connectivity index (χ4v) is 2.65. The first-order chi connectivity index (χ1) is 7.75. The zero-order chi connectivity index (χ0) is 11.1. The lowest BCUT2D eigenvalue weighted by Gasteiger charge is -2.07. The van der Waals surface area contributed by atoms with E-state index in [0.29, 0.717) is 6.42 Å². The van der Waals surface area contributed by atoms with Crippen molar-refractivity contribution in [2.24, 2.45) is 5.73 Å². The number of carbonyl (C=O) groups excluding carboxylic acids is 1. The van der Waals surface area contributed by atoms with Gasteiger partial charge in [-0.25, -0.2) is 0 Å². The second-order valence-electron chi connectivity index (χ2n) is 4.37. The summed E-state index contributed by atoms with van der Waals surface area (Å²) in [5.41, 5.74) is 9.12. The van der Waals surface area contributed by atoms with Gasteiger partial charge in [-0.3, -0.25) is 4.79 Å². The van der Waals surface area contributed by atoms with Crippen LogP contribution in [0.25, 0.3) is 10.8 Å². The van der Waals surface area contributed by atoms with Gasteiger partial charge in [0.2, 0.25) is 5.91 Å². The van der Waals surface area contributed by atoms with Crippen LogP contribution in [0.15, 0.2) is 30.3 Å². The van der Waals surface area contributed by atoms with E-state index in [1.54, 1.807) is 0 Å². The van der Waals surface area contributed by atoms with E-state index in [9.17, 15) is 4.79 Å². The maximum atomic E-state index is 11.0. The van der Waals surface area contributed by atoms with Crippen molar-refractivity contribution in [3.63, 3.8) is 0 Å². The minimum absolute atomic E-state index is 0.265. The molecule has 0 unspecified atom stereocenters. The van der Waals surface area contributed by atoms with E-state index < -0.39 is 0 Å². The lowest BCUT2D eigenvalue weighted by Crippen LogP contribution is -2.13. The molecule has 0 fully saturated rings. The van der Waals surface area contributed by atoms with Crippen molar-refractivity contribution in [1.29, 1.82) is 0 Å². The topological polar surface area (TPSA) is 43.1 Å². The molecule has 16 heavy (non-hydrogen) atoms. The number of amides is 1. The van der Waals surface area contributed by atoms with E-state index in [4.69, 9.17) is 5.73 Å². The summed E-state index contributed by atoms with van der Waals surface area (Å²) in [6.45, 7) is 0. The molecule has 0 saturated carbocycles. The first kappa shape index (κ1) is 9.40. The molecule has 0 aliphatic heterocycles. The smallest absolute Gasteiger partial charge is 0.221 e. The van der Waals surface area contributed by atoms with E-state index in [1.807, 2.05) is 6.07 Å². The highest BCUT2D eigenvalue weighted by Crippen LogP contribution is 2.32. The van der Waals surface area contributed by atoms with Gasteiger partial charge in [-0.1, -0.05) is 30.3 Å². The molecule has 0 bridgehead atoms. The summed E-state index contributed by atoms with van der Waals surface area (Å²) in [6, 6.07) is 10.5. The molecule has 80 valence electrons. The maximum Gasteiger partial charge on any atom is 0.221 e. The van der Waals surface area contributed by atoms with Crippen LogP contribution in [0, 0.1) is 0 Å². The molecule has 2 heteroatoms. The Kier molecular flexibility index (Phi) is 1.96. The van der Waals surface area contributed by atoms with Gasteiger partial charge in [0.05, 0.1) is 6.42 Å². The molecule has 0 saturated heterocycles. The van der Waals surface area contributed by atoms with Gasteiger partial charge < -0.3 is 5.73 Å². The van der Waals surface area contributed by atoms with Crippen LogP contribution >= 0.6 is 0 Å². The molecule has 0 heterocycles. The Bertz CT molecular complexity index is 576. The molecule has 0 spiro atoms. The SMILES string of the molecule is NC(=O)Cc1ccc2c3c(cccc13)CC2. The molecule has 1 aliphatic rings. The van der Waals surface area contributed by atoms with Crippen molar-refractivity contribution in [3.05, 3.63) is 47.0 Å². The zero-order valence-electron chi connectivity index (χ0n) is 8.99. The van der Waals surface area contributed by atoms with E-state index in [1.165, 1.54) is 21.9 Å². The molecule has 2 aromatic rings. The van der Waals surface area contributed by atoms with E-state index in [0.717, 1.165) is 18.4 Å². The van der Waals surface area contributed by atoms with Gasteiger partial charge in [0, 0.05) is 0 Å². The summed E-state index contributed by atoms with van der Waals surface area (Å²) in [5.74, 6) is -0.265. The van der Waals surface area contributed by atoms with Crippen molar-refractivity contribution in [2.45, 2.75) is 19.3 Å². The monoisotopic (exact) mass is 211 g/mol. The standard InChI is InChI=1S/C14H13NO/c15-13(16)8-11-7-6-10-5-4-9-2-1-3-12(11)14(9)10/h1-3,6-7H,4-5,8H2,(H2,15,16). The van der Waals surface area contributed by atoms with E-state index >= 15 is 0 Å². The van der Waals surface area contributed by atoms with Crippen LogP contribution in [0.5, 0.6) is 0 Å². The predicted octanol–water partition coefficient (Wildman–Crippen LogP) is 1.97. The van der Waals surface area contributed by atoms with Crippen molar-refractivity contribution < 1.29 is 4.79 Å². The number of carbonyl (C=O) groups is 1. The molecule has 2 nitrogen and oxygen atoms in total. The van der Waals surface area contributed by atoms with E-state index in [-0.39, 0.29) is 5.91 Å². The van der Waals surface area contributed by atoms with Crippen LogP contribution < -0.4 is 5.73 Å². The highest BCUT2D eigenvalue weighted by Gasteiger charge is 2.15. The van der Waals surface area contributed by atoms with Gasteiger partial charge in [-0.05, 0) is 40.3 Å². The second kappa shape index (κ2) is 3.34. The first-order valence-electron chi connectivity index (χ1n) is 5.56. The van der Waals surface area contributed by atoms with Crippen LogP contribution in [0.1, 0.15) is 16.7 Å². The molecule has 1 aliphatic carbocycles. The molecule has 2 aromatic carbocycles. The van der Waals surface area contributed by atoms with Crippen molar-refractivity contribution >= 4 is 16.7 Å². The molecular formula is C14H13NO. The molecule has 1 amide bonds. The Morgan fingerprint density at radius 2 is 1.88 bits per heavy atom. The quantitative estimate of drug-likeness (QED) is 0.810. The molecule has 3 rings (SSSR count). The Balaban J connectivity index is 2.29. The number of aryl methyl sites for hydroxylation is 2. The third-order valence-corrected chi connectivity index (χ3v) is 3.33. The summed E-state index contributed by atoms with van der Waals surface area (Å²) in [5, 5.41) is 2.55. The molecule has 2 N–H and O–H groups in total. The average Bonchev–Trinajstić information content (AvgIpc) is 2.67. The number of benzene rings is 2. The van der Waals surface area contributed by atoms with Crippen LogP contribution in [-0.2, 0) is 24.1 Å². The largest absolute Gasteiger partial charge is 0.369 e. The Morgan fingerprint density at radius 3 is 2.62 bits per heavy atom. The normalized spacial score (nSPS) is 13.2. The van der Waals surface area contributed by atoms with Gasteiger partial charge in [0.1, 0.15) is 0 Å². The molecule has 0 atom stereocenters. The molecular weight excluding hydrogens is 198 g/mol. The third kappa shape index (κ3) is 1.30. The Morgan fingerprint density at radius 1 is 1.12 bits per heavy atom. The van der Waals surface area contributed by atoms with Crippen molar-refractivity contribution in [3.8, 4) is 0 Å². The van der Waals surface area contributed by atoms with Crippen molar-refractivity contribution in [1.82, 2.24) is 0 Å². The zero-order valence-corrected chi connectivity index (χ0v) is 8.99. The van der Waals surface area contributed by atoms with Gasteiger partial charge in [-0.15, -0.1) is 0 Å². The number of hydrogen-bond donors (Lipinski definition) is 1. The van der Waals surface area contributed by atoms with Crippen LogP contribution in [0.3, 0.4) is 0 Å². The fraction of sp³-hybridized carbons (Fsp3) is 0.214. The summed E-state index contributed by atoms with van der Waals surface area (Å²) in [7, 11) is 0. The van der Waals surface area contributed by atoms with Crippen LogP contribution in [0.4, 0.5) is 0 Å². The lowest BCUT2D eigenvalue weighted by molar-refractivity contribution is -0.117. The minimum Gasteiger partial charge on any atom is -0.369 e. The molecule has 0 aromatic heterocycles. The maximum absolute atomic E-state index is 11.0. The average molecular weight is 211 g/mol. The number of rotatable bonds is 2. The summed E-state index contributed by atoms with van der Waals surface area (Å²) in [4.78, 5) is 11.0. The highest BCUT2D eigenvalue weighted by atomic mass is 16.1. The van der Waals surface area contributed by atoms with Crippen LogP contribution in [-0.4, -0.2) is 5.91 Å². The summed E-state index contributed by atoms with van der Waals surface area (Å²) >= 11 is 0. The van der Waals surface area contributed by atoms with Gasteiger partial charge in [-0.2, -0.15) is 0 Å². The fourth-order valence-electron chi connectivity index (χ4n) is 2.65. The molecule has 0 radical (unpaired) electrons. The lowest BCUT2D eigenvalue weighted by atomic mass is 9.98. The Hall–Kier alpha value is -1.83. The van der Waals surface area contributed by atoms with Crippen LogP contribution in [0.2, 0.25) is 0 Å². The van der Waals surface area contributed by atoms with Gasteiger partial charge in [0.15, 0.2) is 0 Å². The van der Waals surface area contributed by atoms with E-state index in [2.05, 4.69) is 24.3 Å². The minimum atomic E-state index is -0.265.